The number of carbonyl (C=O) groups is 3. The van der Waals surface area contributed by atoms with Gasteiger partial charge >= 0.3 is 0 Å². The lowest BCUT2D eigenvalue weighted by Gasteiger charge is -2.20. The second-order valence-corrected chi connectivity index (χ2v) is 7.83. The summed E-state index contributed by atoms with van der Waals surface area (Å²) >= 11 is 0. The van der Waals surface area contributed by atoms with Crippen molar-refractivity contribution in [1.29, 1.82) is 0 Å². The summed E-state index contributed by atoms with van der Waals surface area (Å²) < 4.78 is 20.2. The number of unbranched alkanes of at least 4 members (excludes halogenated alkanes) is 3. The number of benzene rings is 1. The summed E-state index contributed by atoms with van der Waals surface area (Å²) in [5, 5.41) is 0. The lowest BCUT2D eigenvalue weighted by Crippen LogP contribution is -2.15. The minimum atomic E-state index is 0.233. The van der Waals surface area contributed by atoms with Gasteiger partial charge in [-0.05, 0) is 82.2 Å². The molecule has 1 aromatic rings. The van der Waals surface area contributed by atoms with Gasteiger partial charge in [0.15, 0.2) is 0 Å². The van der Waals surface area contributed by atoms with Gasteiger partial charge < -0.3 is 28.5 Å². The van der Waals surface area contributed by atoms with Gasteiger partial charge in [-0.15, -0.1) is 0 Å². The van der Waals surface area contributed by atoms with Crippen LogP contribution < -0.4 is 9.47 Å². The highest BCUT2D eigenvalue weighted by Crippen LogP contribution is 2.25. The van der Waals surface area contributed by atoms with Gasteiger partial charge in [-0.3, -0.25) is 4.79 Å². The number of hydrogen-bond acceptors (Lipinski definition) is 7. The fourth-order valence-corrected chi connectivity index (χ4v) is 2.98. The second kappa shape index (κ2) is 27.7. The van der Waals surface area contributed by atoms with Crippen LogP contribution in [0.3, 0.4) is 0 Å². The first-order valence-corrected chi connectivity index (χ1v) is 12.3. The fraction of sp³-hybridized carbons (Fsp3) is 0.607. The van der Waals surface area contributed by atoms with Gasteiger partial charge in [-0.2, -0.15) is 0 Å². The first-order valence-electron chi connectivity index (χ1n) is 12.3. The lowest BCUT2D eigenvalue weighted by atomic mass is 9.84. The van der Waals surface area contributed by atoms with E-state index in [1.54, 1.807) is 21.3 Å². The van der Waals surface area contributed by atoms with Crippen LogP contribution in [0.2, 0.25) is 0 Å². The maximum atomic E-state index is 10.3. The molecular formula is C28H46O7. The van der Waals surface area contributed by atoms with Gasteiger partial charge in [0.25, 0.3) is 0 Å². The first kappa shape index (κ1) is 34.7. The summed E-state index contributed by atoms with van der Waals surface area (Å²) in [6.45, 7) is 7.53. The molecule has 200 valence electrons. The van der Waals surface area contributed by atoms with Crippen molar-refractivity contribution in [2.45, 2.75) is 58.3 Å². The molecule has 2 rings (SSSR count). The number of allylic oxidation sites excluding steroid dienone is 1. The molecule has 0 amide bonds. The van der Waals surface area contributed by atoms with Crippen LogP contribution >= 0.6 is 0 Å². The highest BCUT2D eigenvalue weighted by atomic mass is 16.5. The minimum absolute atomic E-state index is 0.233. The standard InChI is InChI=1S/C14H22O3.C8H12O2.C3H8O.C3H4O/c1-15-11-5-3-4-6-12-17-14-9-7-13(16-2)8-10-14;9-5-7-1-2-8(6-10)4-3-7;1-3-4-2;1-2-3-4/h7-10H,3-6,11-12H2,1-2H3;5-8H,1-4H2;3H2,1-2H3;2-3H,1H2. The average molecular weight is 495 g/mol. The Kier molecular flexibility index (Phi) is 27.5. The van der Waals surface area contributed by atoms with E-state index in [1.807, 2.05) is 31.2 Å². The van der Waals surface area contributed by atoms with E-state index in [-0.39, 0.29) is 11.8 Å². The third-order valence-corrected chi connectivity index (χ3v) is 5.16. The highest BCUT2D eigenvalue weighted by Gasteiger charge is 2.19. The third kappa shape index (κ3) is 23.0. The number of ether oxygens (including phenoxy) is 4. The molecule has 0 saturated heterocycles. The molecule has 1 aliphatic carbocycles. The zero-order chi connectivity index (χ0) is 26.6. The summed E-state index contributed by atoms with van der Waals surface area (Å²) in [6, 6.07) is 7.69. The number of hydrogen-bond donors (Lipinski definition) is 0. The Balaban J connectivity index is 0. The Morgan fingerprint density at radius 1 is 0.771 bits per heavy atom. The van der Waals surface area contributed by atoms with Gasteiger partial charge in [0.1, 0.15) is 30.4 Å². The molecule has 0 spiro atoms. The SMILES string of the molecule is C=CC=O.CCOC.COCCCCCCOc1ccc(OC)cc1.O=CC1CCC(C=O)CC1. The molecule has 35 heavy (non-hydrogen) atoms. The molecule has 0 bridgehead atoms. The van der Waals surface area contributed by atoms with E-state index in [2.05, 4.69) is 11.3 Å². The van der Waals surface area contributed by atoms with Crippen molar-refractivity contribution in [1.82, 2.24) is 0 Å². The topological polar surface area (TPSA) is 88.1 Å². The largest absolute Gasteiger partial charge is 0.497 e. The molecule has 7 heteroatoms. The fourth-order valence-electron chi connectivity index (χ4n) is 2.98. The molecular weight excluding hydrogens is 448 g/mol. The molecule has 1 fully saturated rings. The van der Waals surface area contributed by atoms with Crippen LogP contribution in [0.4, 0.5) is 0 Å². The van der Waals surface area contributed by atoms with Crippen LogP contribution in [-0.4, -0.2) is 60.0 Å². The monoisotopic (exact) mass is 494 g/mol. The molecule has 1 aromatic carbocycles. The van der Waals surface area contributed by atoms with Crippen LogP contribution in [0, 0.1) is 11.8 Å². The molecule has 0 atom stereocenters. The van der Waals surface area contributed by atoms with Crippen LogP contribution in [0.15, 0.2) is 36.9 Å². The van der Waals surface area contributed by atoms with Gasteiger partial charge in [0, 0.05) is 39.3 Å². The predicted molar refractivity (Wildman–Crippen MR) is 140 cm³/mol. The van der Waals surface area contributed by atoms with E-state index in [1.165, 1.54) is 18.9 Å². The molecule has 0 heterocycles. The van der Waals surface area contributed by atoms with Crippen LogP contribution in [0.5, 0.6) is 11.5 Å². The Bertz CT molecular complexity index is 584. The highest BCUT2D eigenvalue weighted by molar-refractivity contribution is 5.63. The van der Waals surface area contributed by atoms with Crippen molar-refractivity contribution in [3.05, 3.63) is 36.9 Å². The van der Waals surface area contributed by atoms with Crippen LogP contribution in [0.25, 0.3) is 0 Å². The number of aldehydes is 3. The third-order valence-electron chi connectivity index (χ3n) is 5.16. The summed E-state index contributed by atoms with van der Waals surface area (Å²) in [5.41, 5.74) is 0. The second-order valence-electron chi connectivity index (χ2n) is 7.83. The molecule has 0 aliphatic heterocycles. The quantitative estimate of drug-likeness (QED) is 0.203. The van der Waals surface area contributed by atoms with E-state index >= 15 is 0 Å². The Labute approximate surface area is 212 Å². The van der Waals surface area contributed by atoms with Crippen molar-refractivity contribution in [2.24, 2.45) is 11.8 Å². The maximum Gasteiger partial charge on any atom is 0.142 e. The Hall–Kier alpha value is -2.51. The van der Waals surface area contributed by atoms with Gasteiger partial charge in [-0.1, -0.05) is 13.0 Å². The number of carbonyl (C=O) groups excluding carboxylic acids is 3. The van der Waals surface area contributed by atoms with E-state index in [4.69, 9.17) is 19.0 Å². The molecule has 1 saturated carbocycles. The minimum Gasteiger partial charge on any atom is -0.497 e. The summed E-state index contributed by atoms with van der Waals surface area (Å²) in [4.78, 5) is 29.6. The Morgan fingerprint density at radius 3 is 1.54 bits per heavy atom. The molecule has 1 aliphatic rings. The van der Waals surface area contributed by atoms with Gasteiger partial charge in [-0.25, -0.2) is 0 Å². The average Bonchev–Trinajstić information content (AvgIpc) is 2.93. The zero-order valence-electron chi connectivity index (χ0n) is 22.1. The lowest BCUT2D eigenvalue weighted by molar-refractivity contribution is -0.115. The van der Waals surface area contributed by atoms with Gasteiger partial charge in [0.05, 0.1) is 13.7 Å². The molecule has 7 nitrogen and oxygen atoms in total. The van der Waals surface area contributed by atoms with E-state index < -0.39 is 0 Å². The van der Waals surface area contributed by atoms with E-state index in [9.17, 15) is 9.59 Å². The number of methoxy groups -OCH3 is 3. The normalized spacial score (nSPS) is 15.9. The predicted octanol–water partition coefficient (Wildman–Crippen LogP) is 5.50. The van der Waals surface area contributed by atoms with Crippen molar-refractivity contribution < 1.29 is 33.3 Å². The molecule has 0 aromatic heterocycles. The van der Waals surface area contributed by atoms with Crippen molar-refractivity contribution >= 4 is 18.9 Å². The summed E-state index contributed by atoms with van der Waals surface area (Å²) in [6.07, 6.45) is 12.1. The van der Waals surface area contributed by atoms with Gasteiger partial charge in [0.2, 0.25) is 0 Å². The first-order chi connectivity index (χ1) is 17.1. The van der Waals surface area contributed by atoms with Crippen LogP contribution in [0.1, 0.15) is 58.3 Å². The zero-order valence-corrected chi connectivity index (χ0v) is 22.1. The molecule has 0 unspecified atom stereocenters. The molecule has 0 radical (unpaired) electrons. The smallest absolute Gasteiger partial charge is 0.142 e. The van der Waals surface area contributed by atoms with Crippen molar-refractivity contribution in [3.8, 4) is 11.5 Å². The maximum absolute atomic E-state index is 10.3. The number of rotatable bonds is 13. The van der Waals surface area contributed by atoms with Crippen molar-refractivity contribution in [2.75, 3.05) is 41.2 Å². The summed E-state index contributed by atoms with van der Waals surface area (Å²) in [5.74, 6) is 2.23. The van der Waals surface area contributed by atoms with E-state index in [0.29, 0.717) is 6.29 Å². The summed E-state index contributed by atoms with van der Waals surface area (Å²) in [7, 11) is 5.09. The Morgan fingerprint density at radius 2 is 1.20 bits per heavy atom. The van der Waals surface area contributed by atoms with E-state index in [0.717, 1.165) is 82.4 Å². The van der Waals surface area contributed by atoms with Crippen LogP contribution in [-0.2, 0) is 23.9 Å². The molecule has 0 N–H and O–H groups in total. The van der Waals surface area contributed by atoms with Crippen molar-refractivity contribution in [3.63, 3.8) is 0 Å².